The molecule has 2 N–H and O–H groups in total. The molecule has 1 unspecified atom stereocenters. The van der Waals surface area contributed by atoms with Crippen LogP contribution in [-0.4, -0.2) is 35.1 Å². The third kappa shape index (κ3) is 3.73. The van der Waals surface area contributed by atoms with Gasteiger partial charge >= 0.3 is 0 Å². The molecule has 1 aliphatic heterocycles. The van der Waals surface area contributed by atoms with Crippen LogP contribution in [0.5, 0.6) is 5.75 Å². The van der Waals surface area contributed by atoms with Crippen LogP contribution >= 0.6 is 0 Å². The zero-order chi connectivity index (χ0) is 18.0. The Balaban J connectivity index is 1.73. The topological polar surface area (TPSA) is 76.1 Å². The molecule has 25 heavy (non-hydrogen) atoms. The minimum absolute atomic E-state index is 0.0439. The van der Waals surface area contributed by atoms with Gasteiger partial charge in [-0.2, -0.15) is 0 Å². The molecule has 6 nitrogen and oxygen atoms in total. The Morgan fingerprint density at radius 3 is 2.68 bits per heavy atom. The van der Waals surface area contributed by atoms with E-state index >= 15 is 0 Å². The molecule has 0 fully saturated rings. The van der Waals surface area contributed by atoms with Gasteiger partial charge in [-0.1, -0.05) is 18.2 Å². The fourth-order valence-corrected chi connectivity index (χ4v) is 3.03. The van der Waals surface area contributed by atoms with E-state index in [1.807, 2.05) is 39.0 Å². The zero-order valence-electron chi connectivity index (χ0n) is 15.1. The highest BCUT2D eigenvalue weighted by Gasteiger charge is 2.23. The first-order valence-electron chi connectivity index (χ1n) is 8.57. The van der Waals surface area contributed by atoms with Crippen molar-refractivity contribution in [3.8, 4) is 5.75 Å². The van der Waals surface area contributed by atoms with Crippen LogP contribution in [0.15, 0.2) is 18.2 Å². The predicted molar refractivity (Wildman–Crippen MR) is 97.3 cm³/mol. The zero-order valence-corrected chi connectivity index (χ0v) is 15.1. The van der Waals surface area contributed by atoms with Crippen LogP contribution in [0.25, 0.3) is 0 Å². The second-order valence-electron chi connectivity index (χ2n) is 6.53. The van der Waals surface area contributed by atoms with E-state index in [0.29, 0.717) is 24.7 Å². The van der Waals surface area contributed by atoms with Gasteiger partial charge in [0, 0.05) is 12.1 Å². The molecule has 0 aliphatic carbocycles. The molecule has 1 aliphatic rings. The fraction of sp³-hybridized carbons (Fsp3) is 0.421. The number of nitrogens with one attached hydrogen (secondary N) is 2. The smallest absolute Gasteiger partial charge is 0.270 e. The van der Waals surface area contributed by atoms with E-state index in [0.717, 1.165) is 34.7 Å². The molecule has 1 amide bonds. The highest BCUT2D eigenvalue weighted by Crippen LogP contribution is 2.24. The maximum Gasteiger partial charge on any atom is 0.270 e. The Morgan fingerprint density at radius 1 is 1.24 bits per heavy atom. The minimum Gasteiger partial charge on any atom is -0.491 e. The van der Waals surface area contributed by atoms with Gasteiger partial charge < -0.3 is 15.4 Å². The second kappa shape index (κ2) is 7.09. The summed E-state index contributed by atoms with van der Waals surface area (Å²) in [5, 5.41) is 6.21. The second-order valence-corrected chi connectivity index (χ2v) is 6.53. The lowest BCUT2D eigenvalue weighted by Crippen LogP contribution is -2.35. The quantitative estimate of drug-likeness (QED) is 0.875. The highest BCUT2D eigenvalue weighted by atomic mass is 16.5. The van der Waals surface area contributed by atoms with Crippen LogP contribution in [0, 0.1) is 20.8 Å². The van der Waals surface area contributed by atoms with Gasteiger partial charge in [0.1, 0.15) is 29.7 Å². The highest BCUT2D eigenvalue weighted by molar-refractivity contribution is 5.96. The number of anilines is 1. The van der Waals surface area contributed by atoms with Crippen molar-refractivity contribution in [2.75, 3.05) is 18.5 Å². The van der Waals surface area contributed by atoms with Crippen molar-refractivity contribution in [1.29, 1.82) is 0 Å². The number of ether oxygens (including phenoxy) is 1. The van der Waals surface area contributed by atoms with Crippen molar-refractivity contribution in [1.82, 2.24) is 15.3 Å². The molecule has 0 bridgehead atoms. The molecular formula is C19H24N4O2. The van der Waals surface area contributed by atoms with Crippen molar-refractivity contribution in [2.24, 2.45) is 0 Å². The van der Waals surface area contributed by atoms with E-state index < -0.39 is 0 Å². The summed E-state index contributed by atoms with van der Waals surface area (Å²) < 4.78 is 6.01. The number of benzene rings is 1. The summed E-state index contributed by atoms with van der Waals surface area (Å²) in [7, 11) is 0. The maximum atomic E-state index is 12.0. The minimum atomic E-state index is -0.130. The predicted octanol–water partition coefficient (Wildman–Crippen LogP) is 2.57. The molecule has 2 aromatic rings. The Hall–Kier alpha value is -2.63. The monoisotopic (exact) mass is 340 g/mol. The van der Waals surface area contributed by atoms with E-state index in [1.165, 1.54) is 0 Å². The first-order chi connectivity index (χ1) is 12.0. The number of fused-ring (bicyclic) bond motifs is 1. The summed E-state index contributed by atoms with van der Waals surface area (Å²) in [6.45, 7) is 9.05. The van der Waals surface area contributed by atoms with Crippen molar-refractivity contribution in [3.05, 3.63) is 46.4 Å². The molecule has 0 radical (unpaired) electrons. The summed E-state index contributed by atoms with van der Waals surface area (Å²) in [5.74, 6) is 2.11. The number of amides is 1. The van der Waals surface area contributed by atoms with Gasteiger partial charge in [0.15, 0.2) is 0 Å². The number of para-hydroxylation sites is 1. The number of rotatable bonds is 5. The van der Waals surface area contributed by atoms with E-state index in [9.17, 15) is 4.79 Å². The summed E-state index contributed by atoms with van der Waals surface area (Å²) in [6, 6.07) is 6.16. The number of carbonyl (C=O) groups excluding carboxylic acids is 1. The number of hydrogen-bond acceptors (Lipinski definition) is 5. The van der Waals surface area contributed by atoms with Crippen LogP contribution in [0.1, 0.15) is 39.9 Å². The third-order valence-electron chi connectivity index (χ3n) is 4.26. The average molecular weight is 340 g/mol. The number of aromatic nitrogens is 2. The fourth-order valence-electron chi connectivity index (χ4n) is 3.03. The normalized spacial score (nSPS) is 14.5. The Labute approximate surface area is 148 Å². The molecule has 2 heterocycles. The van der Waals surface area contributed by atoms with Crippen LogP contribution in [0.4, 0.5) is 5.82 Å². The lowest BCUT2D eigenvalue weighted by molar-refractivity contribution is 0.0940. The first kappa shape index (κ1) is 17.2. The molecule has 6 heteroatoms. The molecule has 0 spiro atoms. The van der Waals surface area contributed by atoms with Gasteiger partial charge in [0.25, 0.3) is 5.91 Å². The number of nitrogens with zero attached hydrogens (tertiary/aromatic N) is 2. The molecule has 1 aromatic carbocycles. The van der Waals surface area contributed by atoms with E-state index in [4.69, 9.17) is 4.74 Å². The Morgan fingerprint density at radius 2 is 1.96 bits per heavy atom. The molecule has 1 aromatic heterocycles. The van der Waals surface area contributed by atoms with Crippen LogP contribution in [-0.2, 0) is 6.42 Å². The van der Waals surface area contributed by atoms with Crippen LogP contribution in [0.3, 0.4) is 0 Å². The Bertz CT molecular complexity index is 784. The van der Waals surface area contributed by atoms with E-state index in [2.05, 4.69) is 20.6 Å². The van der Waals surface area contributed by atoms with E-state index in [-0.39, 0.29) is 11.9 Å². The van der Waals surface area contributed by atoms with Gasteiger partial charge in [-0.05, 0) is 45.2 Å². The van der Waals surface area contributed by atoms with Gasteiger partial charge in [-0.3, -0.25) is 4.79 Å². The maximum absolute atomic E-state index is 12.0. The van der Waals surface area contributed by atoms with Gasteiger partial charge in [0.05, 0.1) is 6.04 Å². The number of hydrogen-bond donors (Lipinski definition) is 2. The van der Waals surface area contributed by atoms with E-state index in [1.54, 1.807) is 6.92 Å². The summed E-state index contributed by atoms with van der Waals surface area (Å²) in [4.78, 5) is 20.8. The lowest BCUT2D eigenvalue weighted by Gasteiger charge is -2.22. The molecule has 132 valence electrons. The summed E-state index contributed by atoms with van der Waals surface area (Å²) >= 11 is 0. The molecule has 0 saturated carbocycles. The molecule has 1 atom stereocenters. The molecule has 3 rings (SSSR count). The lowest BCUT2D eigenvalue weighted by atomic mass is 10.1. The Kier molecular flexibility index (Phi) is 4.88. The van der Waals surface area contributed by atoms with Crippen molar-refractivity contribution in [2.45, 2.75) is 40.2 Å². The first-order valence-corrected chi connectivity index (χ1v) is 8.57. The SMILES string of the molecule is Cc1nc(NC(C)COc2c(C)cccc2C)c2c(n1)C(=O)NCC2. The third-order valence-corrected chi connectivity index (χ3v) is 4.26. The standard InChI is InChI=1S/C19H24N4O2/c1-11-6-5-7-12(2)17(11)25-10-13(3)21-18-15-8-9-20-19(24)16(15)22-14(4)23-18/h5-7,13H,8-10H2,1-4H3,(H,20,24)(H,21,22,23). The number of carbonyl (C=O) groups is 1. The van der Waals surface area contributed by atoms with Crippen molar-refractivity contribution < 1.29 is 9.53 Å². The van der Waals surface area contributed by atoms with Crippen LogP contribution < -0.4 is 15.4 Å². The summed E-state index contributed by atoms with van der Waals surface area (Å²) in [5.41, 5.74) is 3.61. The van der Waals surface area contributed by atoms with Crippen molar-refractivity contribution in [3.63, 3.8) is 0 Å². The molecule has 0 saturated heterocycles. The van der Waals surface area contributed by atoms with Gasteiger partial charge in [0.2, 0.25) is 0 Å². The van der Waals surface area contributed by atoms with Crippen LogP contribution in [0.2, 0.25) is 0 Å². The average Bonchev–Trinajstić information content (AvgIpc) is 2.55. The largest absolute Gasteiger partial charge is 0.491 e. The van der Waals surface area contributed by atoms with Gasteiger partial charge in [-0.15, -0.1) is 0 Å². The van der Waals surface area contributed by atoms with Crippen molar-refractivity contribution >= 4 is 11.7 Å². The number of aryl methyl sites for hydroxylation is 3. The van der Waals surface area contributed by atoms with Gasteiger partial charge in [-0.25, -0.2) is 9.97 Å². The molecular weight excluding hydrogens is 316 g/mol. The summed E-state index contributed by atoms with van der Waals surface area (Å²) in [6.07, 6.45) is 0.730.